The van der Waals surface area contributed by atoms with Crippen LogP contribution in [0.25, 0.3) is 0 Å². The molecule has 2 aromatic carbocycles. The average Bonchev–Trinajstić information content (AvgIpc) is 2.49. The molecule has 0 fully saturated rings. The van der Waals surface area contributed by atoms with Gasteiger partial charge in [-0.25, -0.2) is 0 Å². The van der Waals surface area contributed by atoms with Crippen LogP contribution >= 0.6 is 11.6 Å². The van der Waals surface area contributed by atoms with Crippen LogP contribution in [0.1, 0.15) is 18.1 Å². The number of aliphatic hydroxyl groups is 1. The molecule has 0 saturated carbocycles. The second kappa shape index (κ2) is 6.87. The van der Waals surface area contributed by atoms with Crippen molar-refractivity contribution in [3.05, 3.63) is 74.8 Å². The van der Waals surface area contributed by atoms with E-state index >= 15 is 0 Å². The molecule has 0 aromatic heterocycles. The van der Waals surface area contributed by atoms with Gasteiger partial charge in [-0.05, 0) is 24.1 Å². The Morgan fingerprint density at radius 3 is 2.59 bits per heavy atom. The number of halogens is 1. The summed E-state index contributed by atoms with van der Waals surface area (Å²) < 4.78 is 0. The average molecular weight is 321 g/mol. The number of non-ortho nitro benzene ring substituents is 1. The van der Waals surface area contributed by atoms with E-state index in [9.17, 15) is 15.2 Å². The SMILES string of the molecule is CC(O)(CNCc1cc([N+](=O)[O-])ccc1Cl)c1ccccc1. The molecule has 0 aliphatic rings. The number of hydrogen-bond donors (Lipinski definition) is 2. The number of nitro benzene ring substituents is 1. The summed E-state index contributed by atoms with van der Waals surface area (Å²) >= 11 is 6.04. The summed E-state index contributed by atoms with van der Waals surface area (Å²) in [6.07, 6.45) is 0. The molecule has 0 heterocycles. The molecule has 1 atom stereocenters. The molecule has 0 aliphatic carbocycles. The molecule has 22 heavy (non-hydrogen) atoms. The van der Waals surface area contributed by atoms with Gasteiger partial charge >= 0.3 is 0 Å². The Hall–Kier alpha value is -1.95. The van der Waals surface area contributed by atoms with Crippen molar-refractivity contribution in [3.63, 3.8) is 0 Å². The van der Waals surface area contributed by atoms with Crippen molar-refractivity contribution in [2.75, 3.05) is 6.54 Å². The summed E-state index contributed by atoms with van der Waals surface area (Å²) in [5.41, 5.74) is 0.387. The molecule has 5 nitrogen and oxygen atoms in total. The number of benzene rings is 2. The van der Waals surface area contributed by atoms with Crippen LogP contribution in [-0.4, -0.2) is 16.6 Å². The third-order valence-electron chi connectivity index (χ3n) is 3.42. The van der Waals surface area contributed by atoms with Crippen LogP contribution in [0, 0.1) is 10.1 Å². The first-order chi connectivity index (χ1) is 10.4. The van der Waals surface area contributed by atoms with Gasteiger partial charge in [0.15, 0.2) is 0 Å². The van der Waals surface area contributed by atoms with Crippen molar-refractivity contribution in [2.24, 2.45) is 0 Å². The summed E-state index contributed by atoms with van der Waals surface area (Å²) in [6.45, 7) is 2.35. The maximum absolute atomic E-state index is 10.8. The Labute approximate surface area is 133 Å². The highest BCUT2D eigenvalue weighted by atomic mass is 35.5. The number of nitrogens with zero attached hydrogens (tertiary/aromatic N) is 1. The van der Waals surface area contributed by atoms with E-state index in [-0.39, 0.29) is 5.69 Å². The smallest absolute Gasteiger partial charge is 0.269 e. The first-order valence-electron chi connectivity index (χ1n) is 6.81. The molecule has 0 aliphatic heterocycles. The zero-order valence-electron chi connectivity index (χ0n) is 12.1. The van der Waals surface area contributed by atoms with Gasteiger partial charge in [0.05, 0.1) is 10.5 Å². The second-order valence-electron chi connectivity index (χ2n) is 5.28. The normalized spacial score (nSPS) is 13.6. The molecule has 0 spiro atoms. The van der Waals surface area contributed by atoms with Crippen molar-refractivity contribution in [2.45, 2.75) is 19.1 Å². The van der Waals surface area contributed by atoms with E-state index in [0.717, 1.165) is 5.56 Å². The largest absolute Gasteiger partial charge is 0.384 e. The summed E-state index contributed by atoms with van der Waals surface area (Å²) in [7, 11) is 0. The zero-order chi connectivity index (χ0) is 16.2. The maximum atomic E-state index is 10.8. The molecule has 1 unspecified atom stereocenters. The van der Waals surface area contributed by atoms with Gasteiger partial charge < -0.3 is 10.4 Å². The van der Waals surface area contributed by atoms with Crippen LogP contribution in [0.15, 0.2) is 48.5 Å². The highest BCUT2D eigenvalue weighted by Gasteiger charge is 2.22. The fourth-order valence-corrected chi connectivity index (χ4v) is 2.33. The van der Waals surface area contributed by atoms with Gasteiger partial charge in [0.1, 0.15) is 0 Å². The predicted molar refractivity (Wildman–Crippen MR) is 85.8 cm³/mol. The van der Waals surface area contributed by atoms with Crippen molar-refractivity contribution in [3.8, 4) is 0 Å². The first kappa shape index (κ1) is 16.4. The quantitative estimate of drug-likeness (QED) is 0.633. The van der Waals surface area contributed by atoms with Crippen LogP contribution < -0.4 is 5.32 Å². The van der Waals surface area contributed by atoms with Gasteiger partial charge in [-0.15, -0.1) is 0 Å². The van der Waals surface area contributed by atoms with Crippen LogP contribution in [0.4, 0.5) is 5.69 Å². The van der Waals surface area contributed by atoms with Gasteiger partial charge in [0.25, 0.3) is 5.69 Å². The second-order valence-corrected chi connectivity index (χ2v) is 5.68. The monoisotopic (exact) mass is 320 g/mol. The van der Waals surface area contributed by atoms with E-state index in [1.54, 1.807) is 6.92 Å². The fourth-order valence-electron chi connectivity index (χ4n) is 2.15. The standard InChI is InChI=1S/C16H17ClN2O3/c1-16(20,13-5-3-2-4-6-13)11-18-10-12-9-14(19(21)22)7-8-15(12)17/h2-9,18,20H,10-11H2,1H3. The Kier molecular flexibility index (Phi) is 5.13. The summed E-state index contributed by atoms with van der Waals surface area (Å²) in [4.78, 5) is 10.3. The maximum Gasteiger partial charge on any atom is 0.269 e. The molecular formula is C16H17ClN2O3. The number of hydrogen-bond acceptors (Lipinski definition) is 4. The van der Waals surface area contributed by atoms with Crippen LogP contribution in [0.2, 0.25) is 5.02 Å². The minimum absolute atomic E-state index is 0.00369. The van der Waals surface area contributed by atoms with Crippen LogP contribution in [-0.2, 0) is 12.1 Å². The van der Waals surface area contributed by atoms with Crippen molar-refractivity contribution in [1.82, 2.24) is 5.32 Å². The van der Waals surface area contributed by atoms with E-state index in [0.29, 0.717) is 23.7 Å². The Balaban J connectivity index is 2.02. The van der Waals surface area contributed by atoms with Gasteiger partial charge in [-0.1, -0.05) is 41.9 Å². The van der Waals surface area contributed by atoms with E-state index in [1.807, 2.05) is 30.3 Å². The van der Waals surface area contributed by atoms with E-state index in [1.165, 1.54) is 18.2 Å². The molecule has 0 amide bonds. The third kappa shape index (κ3) is 4.04. The lowest BCUT2D eigenvalue weighted by Crippen LogP contribution is -2.35. The number of rotatable bonds is 6. The van der Waals surface area contributed by atoms with Crippen molar-refractivity contribution in [1.29, 1.82) is 0 Å². The molecule has 116 valence electrons. The minimum atomic E-state index is -1.03. The van der Waals surface area contributed by atoms with Gasteiger partial charge in [-0.2, -0.15) is 0 Å². The Morgan fingerprint density at radius 1 is 1.27 bits per heavy atom. The van der Waals surface area contributed by atoms with E-state index in [2.05, 4.69) is 5.32 Å². The molecular weight excluding hydrogens is 304 g/mol. The summed E-state index contributed by atoms with van der Waals surface area (Å²) in [5, 5.41) is 24.8. The Morgan fingerprint density at radius 2 is 1.95 bits per heavy atom. The summed E-state index contributed by atoms with van der Waals surface area (Å²) in [5.74, 6) is 0. The molecule has 2 aromatic rings. The molecule has 0 radical (unpaired) electrons. The number of nitro groups is 1. The van der Waals surface area contributed by atoms with Gasteiger partial charge in [0.2, 0.25) is 0 Å². The topological polar surface area (TPSA) is 75.4 Å². The molecule has 2 rings (SSSR count). The van der Waals surface area contributed by atoms with Crippen LogP contribution in [0.5, 0.6) is 0 Å². The van der Waals surface area contributed by atoms with Crippen molar-refractivity contribution >= 4 is 17.3 Å². The van der Waals surface area contributed by atoms with Crippen molar-refractivity contribution < 1.29 is 10.0 Å². The lowest BCUT2D eigenvalue weighted by Gasteiger charge is -2.24. The van der Waals surface area contributed by atoms with Crippen LogP contribution in [0.3, 0.4) is 0 Å². The lowest BCUT2D eigenvalue weighted by molar-refractivity contribution is -0.384. The highest BCUT2D eigenvalue weighted by molar-refractivity contribution is 6.31. The molecule has 0 saturated heterocycles. The zero-order valence-corrected chi connectivity index (χ0v) is 12.9. The third-order valence-corrected chi connectivity index (χ3v) is 3.79. The lowest BCUT2D eigenvalue weighted by atomic mass is 9.96. The minimum Gasteiger partial charge on any atom is -0.384 e. The highest BCUT2D eigenvalue weighted by Crippen LogP contribution is 2.23. The molecule has 0 bridgehead atoms. The van der Waals surface area contributed by atoms with Gasteiger partial charge in [0, 0.05) is 30.2 Å². The summed E-state index contributed by atoms with van der Waals surface area (Å²) in [6, 6.07) is 13.6. The number of nitrogens with one attached hydrogen (secondary N) is 1. The fraction of sp³-hybridized carbons (Fsp3) is 0.250. The van der Waals surface area contributed by atoms with E-state index in [4.69, 9.17) is 11.6 Å². The Bertz CT molecular complexity index is 660. The first-order valence-corrected chi connectivity index (χ1v) is 7.19. The molecule has 6 heteroatoms. The molecule has 2 N–H and O–H groups in total. The predicted octanol–water partition coefficient (Wildman–Crippen LogP) is 3.25. The van der Waals surface area contributed by atoms with E-state index < -0.39 is 10.5 Å². The van der Waals surface area contributed by atoms with Gasteiger partial charge in [-0.3, -0.25) is 10.1 Å².